The van der Waals surface area contributed by atoms with Crippen molar-refractivity contribution >= 4 is 29.0 Å². The van der Waals surface area contributed by atoms with Crippen LogP contribution in [0.4, 0.5) is 5.00 Å². The van der Waals surface area contributed by atoms with Gasteiger partial charge in [0, 0.05) is 13.1 Å². The van der Waals surface area contributed by atoms with Crippen molar-refractivity contribution < 1.29 is 0 Å². The second-order valence-electron chi connectivity index (χ2n) is 3.16. The van der Waals surface area contributed by atoms with E-state index in [1.54, 1.807) is 11.3 Å². The molecule has 1 saturated heterocycles. The van der Waals surface area contributed by atoms with Crippen LogP contribution in [-0.2, 0) is 0 Å². The Balaban J connectivity index is 2.08. The average Bonchev–Trinajstić information content (AvgIpc) is 2.54. The number of hydrogen-bond donors (Lipinski definition) is 1. The summed E-state index contributed by atoms with van der Waals surface area (Å²) < 4.78 is 1.12. The number of piperidine rings is 1. The fourth-order valence-electron chi connectivity index (χ4n) is 1.60. The van der Waals surface area contributed by atoms with E-state index < -0.39 is 0 Å². The summed E-state index contributed by atoms with van der Waals surface area (Å²) in [5.41, 5.74) is 0. The van der Waals surface area contributed by atoms with Gasteiger partial charge >= 0.3 is 0 Å². The fraction of sp³-hybridized carbons (Fsp3) is 0.556. The zero-order valence-corrected chi connectivity index (χ0v) is 8.70. The van der Waals surface area contributed by atoms with Crippen molar-refractivity contribution in [3.63, 3.8) is 0 Å². The van der Waals surface area contributed by atoms with E-state index in [9.17, 15) is 0 Å². The lowest BCUT2D eigenvalue weighted by Crippen LogP contribution is -2.28. The van der Waals surface area contributed by atoms with Gasteiger partial charge in [0.2, 0.25) is 0 Å². The van der Waals surface area contributed by atoms with Crippen LogP contribution < -0.4 is 4.90 Å². The topological polar surface area (TPSA) is 3.24 Å². The molecule has 0 spiro atoms. The summed E-state index contributed by atoms with van der Waals surface area (Å²) in [5, 5.41) is 1.39. The molecule has 1 aliphatic rings. The first-order valence-electron chi connectivity index (χ1n) is 4.40. The third-order valence-electron chi connectivity index (χ3n) is 2.25. The lowest BCUT2D eigenvalue weighted by atomic mass is 10.1. The Labute approximate surface area is 82.8 Å². The van der Waals surface area contributed by atoms with Crippen molar-refractivity contribution in [2.45, 2.75) is 23.5 Å². The summed E-state index contributed by atoms with van der Waals surface area (Å²) in [4.78, 5) is 2.47. The van der Waals surface area contributed by atoms with Crippen LogP contribution in [0.1, 0.15) is 19.3 Å². The molecule has 1 nitrogen and oxygen atoms in total. The fourth-order valence-corrected chi connectivity index (χ4v) is 2.76. The van der Waals surface area contributed by atoms with Gasteiger partial charge in [-0.15, -0.1) is 24.0 Å². The van der Waals surface area contributed by atoms with Gasteiger partial charge in [0.25, 0.3) is 0 Å². The molecule has 1 aromatic heterocycles. The minimum atomic E-state index is 1.12. The zero-order valence-electron chi connectivity index (χ0n) is 6.99. The van der Waals surface area contributed by atoms with Crippen LogP contribution >= 0.6 is 24.0 Å². The molecule has 1 aromatic rings. The van der Waals surface area contributed by atoms with E-state index in [-0.39, 0.29) is 0 Å². The van der Waals surface area contributed by atoms with Crippen LogP contribution in [-0.4, -0.2) is 13.1 Å². The van der Waals surface area contributed by atoms with E-state index in [4.69, 9.17) is 0 Å². The molecule has 0 amide bonds. The molecular weight excluding hydrogens is 186 g/mol. The Morgan fingerprint density at radius 1 is 1.17 bits per heavy atom. The molecule has 0 unspecified atom stereocenters. The maximum atomic E-state index is 4.32. The number of hydrogen-bond acceptors (Lipinski definition) is 3. The van der Waals surface area contributed by atoms with Gasteiger partial charge in [-0.05, 0) is 31.4 Å². The lowest BCUT2D eigenvalue weighted by molar-refractivity contribution is 0.580. The molecule has 1 aliphatic heterocycles. The van der Waals surface area contributed by atoms with Crippen molar-refractivity contribution in [2.24, 2.45) is 0 Å². The van der Waals surface area contributed by atoms with E-state index in [1.165, 1.54) is 37.4 Å². The van der Waals surface area contributed by atoms with E-state index in [2.05, 4.69) is 29.7 Å². The molecule has 0 N–H and O–H groups in total. The molecule has 0 radical (unpaired) electrons. The quantitative estimate of drug-likeness (QED) is 0.680. The molecule has 2 rings (SSSR count). The van der Waals surface area contributed by atoms with Crippen LogP contribution in [0.25, 0.3) is 0 Å². The number of anilines is 1. The summed E-state index contributed by atoms with van der Waals surface area (Å²) in [6.07, 6.45) is 4.09. The molecule has 0 bridgehead atoms. The summed E-state index contributed by atoms with van der Waals surface area (Å²) >= 11 is 6.10. The van der Waals surface area contributed by atoms with Crippen molar-refractivity contribution in [3.05, 3.63) is 12.1 Å². The van der Waals surface area contributed by atoms with Crippen molar-refractivity contribution in [1.29, 1.82) is 0 Å². The maximum absolute atomic E-state index is 4.32. The monoisotopic (exact) mass is 199 g/mol. The molecule has 0 aromatic carbocycles. The van der Waals surface area contributed by atoms with E-state index in [1.807, 2.05) is 0 Å². The van der Waals surface area contributed by atoms with Crippen molar-refractivity contribution in [1.82, 2.24) is 0 Å². The van der Waals surface area contributed by atoms with Gasteiger partial charge in [-0.1, -0.05) is 0 Å². The number of thiol groups is 1. The predicted octanol–water partition coefficient (Wildman–Crippen LogP) is 3.03. The van der Waals surface area contributed by atoms with Gasteiger partial charge in [-0.3, -0.25) is 0 Å². The summed E-state index contributed by atoms with van der Waals surface area (Å²) in [6.45, 7) is 2.46. The molecule has 2 heterocycles. The maximum Gasteiger partial charge on any atom is 0.0920 e. The van der Waals surface area contributed by atoms with Gasteiger partial charge < -0.3 is 4.90 Å². The van der Waals surface area contributed by atoms with Gasteiger partial charge in [0.05, 0.1) is 9.21 Å². The summed E-state index contributed by atoms with van der Waals surface area (Å²) in [5.74, 6) is 0. The van der Waals surface area contributed by atoms with E-state index in [0.29, 0.717) is 0 Å². The van der Waals surface area contributed by atoms with Crippen LogP contribution in [0, 0.1) is 0 Å². The average molecular weight is 199 g/mol. The van der Waals surface area contributed by atoms with Crippen LogP contribution in [0.2, 0.25) is 0 Å². The van der Waals surface area contributed by atoms with Gasteiger partial charge in [-0.2, -0.15) is 0 Å². The molecule has 1 fully saturated rings. The number of rotatable bonds is 1. The zero-order chi connectivity index (χ0) is 8.39. The lowest BCUT2D eigenvalue weighted by Gasteiger charge is -2.26. The summed E-state index contributed by atoms with van der Waals surface area (Å²) in [6, 6.07) is 4.26. The van der Waals surface area contributed by atoms with E-state index in [0.717, 1.165) is 4.21 Å². The first-order chi connectivity index (χ1) is 5.86. The minimum Gasteiger partial charge on any atom is -0.363 e. The summed E-state index contributed by atoms with van der Waals surface area (Å²) in [7, 11) is 0. The number of thiophene rings is 1. The standard InChI is InChI=1S/C9H13NS2/c11-9-5-4-8(12-9)10-6-2-1-3-7-10/h4-5,11H,1-3,6-7H2. The van der Waals surface area contributed by atoms with Gasteiger partial charge in [-0.25, -0.2) is 0 Å². The minimum absolute atomic E-state index is 1.12. The molecule has 0 saturated carbocycles. The highest BCUT2D eigenvalue weighted by Gasteiger charge is 2.11. The normalized spacial score (nSPS) is 18.2. The number of nitrogens with zero attached hydrogens (tertiary/aromatic N) is 1. The molecule has 12 heavy (non-hydrogen) atoms. The van der Waals surface area contributed by atoms with Crippen molar-refractivity contribution in [3.8, 4) is 0 Å². The Hall–Kier alpha value is -0.150. The van der Waals surface area contributed by atoms with Crippen LogP contribution in [0.5, 0.6) is 0 Å². The third-order valence-corrected chi connectivity index (χ3v) is 3.62. The largest absolute Gasteiger partial charge is 0.363 e. The Kier molecular flexibility index (Phi) is 2.61. The van der Waals surface area contributed by atoms with Gasteiger partial charge in [0.1, 0.15) is 0 Å². The Morgan fingerprint density at radius 3 is 2.50 bits per heavy atom. The highest BCUT2D eigenvalue weighted by molar-refractivity contribution is 7.83. The third kappa shape index (κ3) is 1.77. The first kappa shape index (κ1) is 8.45. The van der Waals surface area contributed by atoms with Crippen molar-refractivity contribution in [2.75, 3.05) is 18.0 Å². The van der Waals surface area contributed by atoms with Crippen LogP contribution in [0.3, 0.4) is 0 Å². The highest BCUT2D eigenvalue weighted by atomic mass is 32.2. The molecule has 66 valence electrons. The molecular formula is C9H13NS2. The molecule has 0 atom stereocenters. The second-order valence-corrected chi connectivity index (χ2v) is 5.01. The van der Waals surface area contributed by atoms with Crippen LogP contribution in [0.15, 0.2) is 16.3 Å². The first-order valence-corrected chi connectivity index (χ1v) is 5.66. The van der Waals surface area contributed by atoms with E-state index >= 15 is 0 Å². The molecule has 3 heteroatoms. The Morgan fingerprint density at radius 2 is 1.92 bits per heavy atom. The predicted molar refractivity (Wildman–Crippen MR) is 57.6 cm³/mol. The molecule has 0 aliphatic carbocycles. The SMILES string of the molecule is Sc1ccc(N2CCCCC2)s1. The Bertz CT molecular complexity index is 251. The second kappa shape index (κ2) is 3.71. The smallest absolute Gasteiger partial charge is 0.0920 e. The van der Waals surface area contributed by atoms with Gasteiger partial charge in [0.15, 0.2) is 0 Å². The highest BCUT2D eigenvalue weighted by Crippen LogP contribution is 2.30.